The summed E-state index contributed by atoms with van der Waals surface area (Å²) in [7, 11) is 0. The van der Waals surface area contributed by atoms with Crippen LogP contribution in [0, 0.1) is 0 Å². The van der Waals surface area contributed by atoms with Crippen molar-refractivity contribution >= 4 is 24.0 Å². The van der Waals surface area contributed by atoms with E-state index in [1.165, 1.54) is 18.6 Å². The van der Waals surface area contributed by atoms with Crippen molar-refractivity contribution in [1.29, 1.82) is 0 Å². The van der Waals surface area contributed by atoms with E-state index in [0.29, 0.717) is 5.56 Å². The molecule has 1 aromatic rings. The van der Waals surface area contributed by atoms with E-state index < -0.39 is 11.8 Å². The van der Waals surface area contributed by atoms with Crippen molar-refractivity contribution < 1.29 is 9.59 Å². The first-order chi connectivity index (χ1) is 7.09. The largest absolute Gasteiger partial charge is 0.368 e. The molecule has 0 aliphatic rings. The number of nitrogen functional groups attached to an aromatic ring is 1. The van der Waals surface area contributed by atoms with Gasteiger partial charge in [-0.1, -0.05) is 0 Å². The van der Waals surface area contributed by atoms with Gasteiger partial charge in [0.2, 0.25) is 5.95 Å². The number of primary amides is 1. The van der Waals surface area contributed by atoms with Gasteiger partial charge in [-0.15, -0.1) is 0 Å². The lowest BCUT2D eigenvalue weighted by Crippen LogP contribution is -2.32. The number of nitrogens with one attached hydrogen (secondary N) is 1. The number of carbonyl (C=O) groups is 2. The standard InChI is InChI=1S/C7H8N6O2/c8-5(14)6(15)13-12-3-4-1-10-7(9)11-2-4/h1-3H,(H2,8,14)(H,13,15)(H2,9,10,11)/b12-3-. The molecule has 0 fully saturated rings. The molecule has 1 aromatic heterocycles. The van der Waals surface area contributed by atoms with Crippen LogP contribution in [0.25, 0.3) is 0 Å². The highest BCUT2D eigenvalue weighted by molar-refractivity contribution is 6.34. The molecule has 0 atom stereocenters. The SMILES string of the molecule is NC(=O)C(=O)N/N=C\c1cnc(N)nc1. The van der Waals surface area contributed by atoms with E-state index in [1.54, 1.807) is 0 Å². The van der Waals surface area contributed by atoms with Crippen LogP contribution >= 0.6 is 0 Å². The predicted octanol–water partition coefficient (Wildman–Crippen LogP) is -2.01. The number of carbonyl (C=O) groups excluding carboxylic acids is 2. The molecule has 2 amide bonds. The molecule has 0 saturated heterocycles. The van der Waals surface area contributed by atoms with Gasteiger partial charge in [-0.2, -0.15) is 5.10 Å². The van der Waals surface area contributed by atoms with Crippen molar-refractivity contribution in [2.45, 2.75) is 0 Å². The third-order valence-electron chi connectivity index (χ3n) is 1.30. The van der Waals surface area contributed by atoms with Crippen molar-refractivity contribution in [3.8, 4) is 0 Å². The summed E-state index contributed by atoms with van der Waals surface area (Å²) in [6.07, 6.45) is 4.06. The van der Waals surface area contributed by atoms with Gasteiger partial charge >= 0.3 is 11.8 Å². The smallest absolute Gasteiger partial charge is 0.329 e. The topological polar surface area (TPSA) is 136 Å². The molecule has 1 heterocycles. The minimum atomic E-state index is -1.11. The second-order valence-electron chi connectivity index (χ2n) is 2.44. The Morgan fingerprint density at radius 3 is 2.53 bits per heavy atom. The lowest BCUT2D eigenvalue weighted by molar-refractivity contribution is -0.137. The third kappa shape index (κ3) is 3.38. The Hall–Kier alpha value is -2.51. The summed E-state index contributed by atoms with van der Waals surface area (Å²) < 4.78 is 0. The first kappa shape index (κ1) is 10.6. The number of nitrogens with two attached hydrogens (primary N) is 2. The molecule has 0 radical (unpaired) electrons. The summed E-state index contributed by atoms with van der Waals surface area (Å²) in [6.45, 7) is 0. The summed E-state index contributed by atoms with van der Waals surface area (Å²) in [6, 6.07) is 0. The molecule has 0 aromatic carbocycles. The Kier molecular flexibility index (Phi) is 3.28. The van der Waals surface area contributed by atoms with Crippen LogP contribution in [0.1, 0.15) is 5.56 Å². The summed E-state index contributed by atoms with van der Waals surface area (Å²) >= 11 is 0. The van der Waals surface area contributed by atoms with Crippen LogP contribution in [-0.4, -0.2) is 28.0 Å². The molecule has 5 N–H and O–H groups in total. The fourth-order valence-corrected chi connectivity index (χ4v) is 0.635. The molecule has 78 valence electrons. The fraction of sp³-hybridized carbons (Fsp3) is 0. The van der Waals surface area contributed by atoms with Gasteiger partial charge in [0.15, 0.2) is 0 Å². The van der Waals surface area contributed by atoms with Crippen molar-refractivity contribution in [2.24, 2.45) is 10.8 Å². The summed E-state index contributed by atoms with van der Waals surface area (Å²) in [5.41, 5.74) is 12.4. The maximum Gasteiger partial charge on any atom is 0.329 e. The second-order valence-corrected chi connectivity index (χ2v) is 2.44. The van der Waals surface area contributed by atoms with Crippen LogP contribution in [0.3, 0.4) is 0 Å². The van der Waals surface area contributed by atoms with Crippen molar-refractivity contribution in [2.75, 3.05) is 5.73 Å². The molecule has 0 aliphatic heterocycles. The number of hydrogen-bond donors (Lipinski definition) is 3. The number of hydrogen-bond acceptors (Lipinski definition) is 6. The summed E-state index contributed by atoms with van der Waals surface area (Å²) in [4.78, 5) is 28.3. The Labute approximate surface area is 84.4 Å². The van der Waals surface area contributed by atoms with Gasteiger partial charge in [0.05, 0.1) is 6.21 Å². The van der Waals surface area contributed by atoms with Crippen molar-refractivity contribution in [3.63, 3.8) is 0 Å². The first-order valence-electron chi connectivity index (χ1n) is 3.80. The van der Waals surface area contributed by atoms with E-state index in [9.17, 15) is 9.59 Å². The summed E-state index contributed by atoms with van der Waals surface area (Å²) in [5, 5.41) is 3.45. The van der Waals surface area contributed by atoms with Crippen LogP contribution in [0.4, 0.5) is 5.95 Å². The van der Waals surface area contributed by atoms with Gasteiger partial charge in [0.1, 0.15) is 0 Å². The second kappa shape index (κ2) is 4.65. The Bertz CT molecular complexity index is 398. The molecule has 15 heavy (non-hydrogen) atoms. The van der Waals surface area contributed by atoms with Gasteiger partial charge in [-0.05, 0) is 0 Å². The molecule has 0 spiro atoms. The van der Waals surface area contributed by atoms with Crippen LogP contribution in [-0.2, 0) is 9.59 Å². The van der Waals surface area contributed by atoms with Gasteiger partial charge in [0, 0.05) is 18.0 Å². The average Bonchev–Trinajstić information content (AvgIpc) is 2.20. The van der Waals surface area contributed by atoms with Gasteiger partial charge in [0.25, 0.3) is 0 Å². The zero-order valence-corrected chi connectivity index (χ0v) is 7.54. The van der Waals surface area contributed by atoms with Crippen LogP contribution in [0.5, 0.6) is 0 Å². The highest BCUT2D eigenvalue weighted by atomic mass is 16.2. The number of hydrazone groups is 1. The van der Waals surface area contributed by atoms with Crippen LogP contribution in [0.15, 0.2) is 17.5 Å². The lowest BCUT2D eigenvalue weighted by Gasteiger charge is -1.94. The van der Waals surface area contributed by atoms with E-state index in [2.05, 4.69) is 20.8 Å². The van der Waals surface area contributed by atoms with E-state index >= 15 is 0 Å². The lowest BCUT2D eigenvalue weighted by atomic mass is 10.4. The van der Waals surface area contributed by atoms with E-state index in [0.717, 1.165) is 0 Å². The highest BCUT2D eigenvalue weighted by Crippen LogP contribution is 1.92. The zero-order chi connectivity index (χ0) is 11.3. The summed E-state index contributed by atoms with van der Waals surface area (Å²) in [5.74, 6) is -1.98. The molecule has 0 unspecified atom stereocenters. The minimum absolute atomic E-state index is 0.133. The monoisotopic (exact) mass is 208 g/mol. The molecule has 0 aliphatic carbocycles. The normalized spacial score (nSPS) is 10.1. The Morgan fingerprint density at radius 2 is 2.00 bits per heavy atom. The number of aromatic nitrogens is 2. The molecule has 1 rings (SSSR count). The molecular weight excluding hydrogens is 200 g/mol. The van der Waals surface area contributed by atoms with Crippen LogP contribution < -0.4 is 16.9 Å². The highest BCUT2D eigenvalue weighted by Gasteiger charge is 2.05. The number of nitrogens with zero attached hydrogens (tertiary/aromatic N) is 3. The maximum absolute atomic E-state index is 10.6. The minimum Gasteiger partial charge on any atom is -0.368 e. The van der Waals surface area contributed by atoms with Gasteiger partial charge in [-0.25, -0.2) is 15.4 Å². The average molecular weight is 208 g/mol. The maximum atomic E-state index is 10.6. The molecule has 0 bridgehead atoms. The first-order valence-corrected chi connectivity index (χ1v) is 3.80. The molecule has 0 saturated carbocycles. The number of amides is 2. The Morgan fingerprint density at radius 1 is 1.40 bits per heavy atom. The van der Waals surface area contributed by atoms with E-state index in [4.69, 9.17) is 5.73 Å². The number of rotatable bonds is 2. The van der Waals surface area contributed by atoms with Gasteiger partial charge < -0.3 is 11.5 Å². The Balaban J connectivity index is 2.55. The van der Waals surface area contributed by atoms with E-state index in [-0.39, 0.29) is 5.95 Å². The molecule has 8 nitrogen and oxygen atoms in total. The zero-order valence-electron chi connectivity index (χ0n) is 7.54. The molecular formula is C7H8N6O2. The van der Waals surface area contributed by atoms with E-state index in [1.807, 2.05) is 5.43 Å². The quantitative estimate of drug-likeness (QED) is 0.293. The molecule has 8 heteroatoms. The number of anilines is 1. The fourth-order valence-electron chi connectivity index (χ4n) is 0.635. The van der Waals surface area contributed by atoms with Crippen LogP contribution in [0.2, 0.25) is 0 Å². The third-order valence-corrected chi connectivity index (χ3v) is 1.30. The predicted molar refractivity (Wildman–Crippen MR) is 51.4 cm³/mol. The van der Waals surface area contributed by atoms with Gasteiger partial charge in [-0.3, -0.25) is 9.59 Å². The van der Waals surface area contributed by atoms with Crippen molar-refractivity contribution in [1.82, 2.24) is 15.4 Å². The van der Waals surface area contributed by atoms with Crippen molar-refractivity contribution in [3.05, 3.63) is 18.0 Å².